The molecule has 5 nitrogen and oxygen atoms in total. The van der Waals surface area contributed by atoms with E-state index in [1.807, 2.05) is 72.8 Å². The summed E-state index contributed by atoms with van der Waals surface area (Å²) in [5.74, 6) is 0.585. The largest absolute Gasteiger partial charge is 0.331 e. The number of rotatable bonds is 4. The molecule has 0 amide bonds. The van der Waals surface area contributed by atoms with Crippen molar-refractivity contribution in [1.29, 1.82) is 0 Å². The van der Waals surface area contributed by atoms with E-state index >= 15 is 0 Å². The first-order valence-corrected chi connectivity index (χ1v) is 7.49. The first-order valence-electron chi connectivity index (χ1n) is 7.08. The summed E-state index contributed by atoms with van der Waals surface area (Å²) >= 11 is 5.20. The van der Waals surface area contributed by atoms with Crippen LogP contribution in [0.5, 0.6) is 0 Å². The zero-order valence-electron chi connectivity index (χ0n) is 12.2. The topological polar surface area (TPSA) is 61.9 Å². The molecule has 1 aromatic heterocycles. The Balaban J connectivity index is 1.55. The van der Waals surface area contributed by atoms with Gasteiger partial charge < -0.3 is 5.32 Å². The van der Waals surface area contributed by atoms with Gasteiger partial charge in [0, 0.05) is 11.3 Å². The summed E-state index contributed by atoms with van der Waals surface area (Å²) < 4.78 is 0. The molecule has 2 aromatic carbocycles. The first-order chi connectivity index (χ1) is 11.3. The van der Waals surface area contributed by atoms with E-state index in [2.05, 4.69) is 26.4 Å². The lowest BCUT2D eigenvalue weighted by Gasteiger charge is -2.11. The molecule has 0 atom stereocenters. The lowest BCUT2D eigenvalue weighted by Crippen LogP contribution is -2.33. The van der Waals surface area contributed by atoms with E-state index in [0.29, 0.717) is 10.9 Å². The fourth-order valence-electron chi connectivity index (χ4n) is 1.97. The Hall–Kier alpha value is -2.99. The standard InChI is InChI=1S/C17H15N5S/c23-17(18-14-9-5-2-6-10-14)22-21-16-12-11-15(19-20-16)13-7-3-1-4-8-13/h1-12H,(H,20,21)(H2,18,22,23). The van der Waals surface area contributed by atoms with Crippen LogP contribution < -0.4 is 16.2 Å². The van der Waals surface area contributed by atoms with Gasteiger partial charge in [0.05, 0.1) is 5.69 Å². The van der Waals surface area contributed by atoms with Crippen molar-refractivity contribution in [2.45, 2.75) is 0 Å². The summed E-state index contributed by atoms with van der Waals surface area (Å²) in [5, 5.41) is 11.8. The average Bonchev–Trinajstić information content (AvgIpc) is 2.62. The van der Waals surface area contributed by atoms with E-state index < -0.39 is 0 Å². The normalized spacial score (nSPS) is 9.91. The molecule has 0 bridgehead atoms. The second kappa shape index (κ2) is 7.33. The number of nitrogens with one attached hydrogen (secondary N) is 3. The van der Waals surface area contributed by atoms with Crippen molar-refractivity contribution < 1.29 is 0 Å². The molecular weight excluding hydrogens is 306 g/mol. The van der Waals surface area contributed by atoms with Gasteiger partial charge in [-0.1, -0.05) is 48.5 Å². The minimum atomic E-state index is 0.449. The summed E-state index contributed by atoms with van der Waals surface area (Å²) in [6.07, 6.45) is 0. The molecule has 6 heteroatoms. The monoisotopic (exact) mass is 321 g/mol. The van der Waals surface area contributed by atoms with Gasteiger partial charge in [-0.25, -0.2) is 0 Å². The van der Waals surface area contributed by atoms with Crippen molar-refractivity contribution in [2.24, 2.45) is 0 Å². The van der Waals surface area contributed by atoms with E-state index in [9.17, 15) is 0 Å². The van der Waals surface area contributed by atoms with Crippen molar-refractivity contribution in [1.82, 2.24) is 15.6 Å². The highest BCUT2D eigenvalue weighted by molar-refractivity contribution is 7.80. The Morgan fingerprint density at radius 2 is 1.48 bits per heavy atom. The van der Waals surface area contributed by atoms with Crippen molar-refractivity contribution in [3.8, 4) is 11.3 Å². The first kappa shape index (κ1) is 14.9. The van der Waals surface area contributed by atoms with Gasteiger partial charge in [-0.05, 0) is 36.5 Å². The predicted molar refractivity (Wildman–Crippen MR) is 96.9 cm³/mol. The molecule has 3 rings (SSSR count). The number of aromatic nitrogens is 2. The van der Waals surface area contributed by atoms with Gasteiger partial charge in [0.15, 0.2) is 10.9 Å². The highest BCUT2D eigenvalue weighted by Crippen LogP contribution is 2.15. The third-order valence-corrected chi connectivity index (χ3v) is 3.27. The SMILES string of the molecule is S=C(NNc1ccc(-c2ccccc2)nn1)Nc1ccccc1. The van der Waals surface area contributed by atoms with Gasteiger partial charge in [-0.15, -0.1) is 10.2 Å². The maximum atomic E-state index is 5.20. The zero-order valence-corrected chi connectivity index (χ0v) is 13.0. The molecule has 0 unspecified atom stereocenters. The number of thiocarbonyl (C=S) groups is 1. The lowest BCUT2D eigenvalue weighted by atomic mass is 10.1. The number of hydrazine groups is 1. The molecule has 0 saturated heterocycles. The van der Waals surface area contributed by atoms with E-state index in [1.165, 1.54) is 0 Å². The minimum absolute atomic E-state index is 0.449. The van der Waals surface area contributed by atoms with Gasteiger partial charge >= 0.3 is 0 Å². The third kappa shape index (κ3) is 4.24. The molecule has 114 valence electrons. The summed E-state index contributed by atoms with van der Waals surface area (Å²) in [6.45, 7) is 0. The number of nitrogens with zero attached hydrogens (tertiary/aromatic N) is 2. The van der Waals surface area contributed by atoms with E-state index in [0.717, 1.165) is 16.9 Å². The van der Waals surface area contributed by atoms with E-state index in [-0.39, 0.29) is 0 Å². The number of para-hydroxylation sites is 1. The molecule has 0 radical (unpaired) electrons. The molecule has 0 spiro atoms. The molecule has 3 N–H and O–H groups in total. The Morgan fingerprint density at radius 3 is 2.13 bits per heavy atom. The maximum Gasteiger partial charge on any atom is 0.189 e. The summed E-state index contributed by atoms with van der Waals surface area (Å²) in [4.78, 5) is 0. The molecule has 0 fully saturated rings. The summed E-state index contributed by atoms with van der Waals surface area (Å²) in [7, 11) is 0. The van der Waals surface area contributed by atoms with E-state index in [4.69, 9.17) is 12.2 Å². The fraction of sp³-hybridized carbons (Fsp3) is 0. The number of hydrogen-bond donors (Lipinski definition) is 3. The lowest BCUT2D eigenvalue weighted by molar-refractivity contribution is 0.996. The number of hydrogen-bond acceptors (Lipinski definition) is 4. The predicted octanol–water partition coefficient (Wildman–Crippen LogP) is 3.46. The Bertz CT molecular complexity index is 760. The quantitative estimate of drug-likeness (QED) is 0.505. The zero-order chi connectivity index (χ0) is 15.9. The molecule has 0 saturated carbocycles. The summed E-state index contributed by atoms with van der Waals surface area (Å²) in [5.41, 5.74) is 8.55. The van der Waals surface area contributed by atoms with Gasteiger partial charge in [-0.2, -0.15) is 0 Å². The van der Waals surface area contributed by atoms with Gasteiger partial charge in [0.25, 0.3) is 0 Å². The maximum absolute atomic E-state index is 5.20. The second-order valence-corrected chi connectivity index (χ2v) is 5.15. The molecule has 0 aliphatic carbocycles. The van der Waals surface area contributed by atoms with Crippen LogP contribution in [0.15, 0.2) is 72.8 Å². The highest BCUT2D eigenvalue weighted by atomic mass is 32.1. The van der Waals surface area contributed by atoms with Crippen molar-refractivity contribution in [2.75, 3.05) is 10.7 Å². The Morgan fingerprint density at radius 1 is 0.783 bits per heavy atom. The molecule has 23 heavy (non-hydrogen) atoms. The van der Waals surface area contributed by atoms with Crippen LogP contribution >= 0.6 is 12.2 Å². The van der Waals surface area contributed by atoms with Gasteiger partial charge in [0.1, 0.15) is 0 Å². The van der Waals surface area contributed by atoms with E-state index in [1.54, 1.807) is 0 Å². The Labute approximate surface area is 139 Å². The molecule has 1 heterocycles. The van der Waals surface area contributed by atoms with Crippen LogP contribution in [0.3, 0.4) is 0 Å². The molecular formula is C17H15N5S. The van der Waals surface area contributed by atoms with Crippen molar-refractivity contribution in [3.05, 3.63) is 72.8 Å². The number of benzene rings is 2. The van der Waals surface area contributed by atoms with Gasteiger partial charge in [0.2, 0.25) is 0 Å². The van der Waals surface area contributed by atoms with Crippen LogP contribution in [-0.4, -0.2) is 15.3 Å². The minimum Gasteiger partial charge on any atom is -0.331 e. The van der Waals surface area contributed by atoms with Crippen LogP contribution in [0, 0.1) is 0 Å². The highest BCUT2D eigenvalue weighted by Gasteiger charge is 2.01. The fourth-order valence-corrected chi connectivity index (χ4v) is 2.14. The van der Waals surface area contributed by atoms with Crippen LogP contribution in [0.25, 0.3) is 11.3 Å². The molecule has 0 aliphatic rings. The molecule has 3 aromatic rings. The van der Waals surface area contributed by atoms with Crippen LogP contribution in [0.1, 0.15) is 0 Å². The van der Waals surface area contributed by atoms with Gasteiger partial charge in [-0.3, -0.25) is 10.9 Å². The third-order valence-electron chi connectivity index (χ3n) is 3.07. The van der Waals surface area contributed by atoms with Crippen LogP contribution in [0.4, 0.5) is 11.5 Å². The number of anilines is 2. The van der Waals surface area contributed by atoms with Crippen molar-refractivity contribution in [3.63, 3.8) is 0 Å². The smallest absolute Gasteiger partial charge is 0.189 e. The average molecular weight is 321 g/mol. The Kier molecular flexibility index (Phi) is 4.76. The van der Waals surface area contributed by atoms with Crippen molar-refractivity contribution >= 4 is 28.8 Å². The second-order valence-electron chi connectivity index (χ2n) is 4.74. The summed E-state index contributed by atoms with van der Waals surface area (Å²) in [6, 6.07) is 23.3. The van der Waals surface area contributed by atoms with Crippen LogP contribution in [0.2, 0.25) is 0 Å². The molecule has 0 aliphatic heterocycles. The van der Waals surface area contributed by atoms with Crippen LogP contribution in [-0.2, 0) is 0 Å².